The fourth-order valence-electron chi connectivity index (χ4n) is 5.93. The first-order chi connectivity index (χ1) is 23.3. The Morgan fingerprint density at radius 1 is 0.562 bits per heavy atom. The van der Waals surface area contributed by atoms with Gasteiger partial charge in [0, 0.05) is 30.5 Å². The molecule has 0 aliphatic carbocycles. The summed E-state index contributed by atoms with van der Waals surface area (Å²) in [7, 11) is 0. The molecule has 0 spiro atoms. The topological polar surface area (TPSA) is 48.2 Å². The van der Waals surface area contributed by atoms with Crippen LogP contribution in [0.2, 0.25) is 0 Å². The first-order valence-corrected chi connectivity index (χ1v) is 17.7. The van der Waals surface area contributed by atoms with Crippen LogP contribution in [0, 0.1) is 0 Å². The normalized spacial score (nSPS) is 10.7. The fourth-order valence-corrected chi connectivity index (χ4v) is 6.82. The molecule has 8 aromatic rings. The van der Waals surface area contributed by atoms with Crippen LogP contribution in [-0.2, 0) is 0 Å². The molecule has 0 aliphatic heterocycles. The summed E-state index contributed by atoms with van der Waals surface area (Å²) < 4.78 is 6.21. The van der Waals surface area contributed by atoms with E-state index in [4.69, 9.17) is 41.2 Å². The maximum absolute atomic E-state index is 6.29. The van der Waals surface area contributed by atoms with Crippen LogP contribution in [0.3, 0.4) is 0 Å². The molecule has 0 fully saturated rings. The van der Waals surface area contributed by atoms with Crippen LogP contribution in [0.25, 0.3) is 55.0 Å². The van der Waals surface area contributed by atoms with Crippen molar-refractivity contribution >= 4 is 143 Å². The van der Waals surface area contributed by atoms with Crippen molar-refractivity contribution in [3.8, 4) is 11.4 Å². The van der Waals surface area contributed by atoms with Gasteiger partial charge in [-0.2, -0.15) is 4.99 Å². The van der Waals surface area contributed by atoms with Crippen molar-refractivity contribution in [2.24, 2.45) is 4.99 Å². The Balaban J connectivity index is 0.000000151. The Bertz CT molecular complexity index is 2410. The predicted molar refractivity (Wildman–Crippen MR) is 220 cm³/mol. The summed E-state index contributed by atoms with van der Waals surface area (Å²) in [6, 6.07) is 45.7. The van der Waals surface area contributed by atoms with Crippen molar-refractivity contribution < 1.29 is 0 Å². The highest BCUT2D eigenvalue weighted by molar-refractivity contribution is 9.11. The summed E-state index contributed by atoms with van der Waals surface area (Å²) in [6.45, 7) is 0. The van der Waals surface area contributed by atoms with Crippen LogP contribution in [0.15, 0.2) is 147 Å². The Labute approximate surface area is 314 Å². The van der Waals surface area contributed by atoms with Gasteiger partial charge in [0.15, 0.2) is 3.78 Å². The number of thiocarbonyl (C=S) groups is 2. The highest BCUT2D eigenvalue weighted by atomic mass is 79.9. The van der Waals surface area contributed by atoms with Gasteiger partial charge in [-0.3, -0.25) is 0 Å². The Kier molecular flexibility index (Phi) is 10.7. The van der Waals surface area contributed by atoms with Crippen molar-refractivity contribution in [1.82, 2.24) is 9.13 Å². The van der Waals surface area contributed by atoms with Gasteiger partial charge < -0.3 is 14.9 Å². The lowest BCUT2D eigenvalue weighted by Gasteiger charge is -2.11. The number of benzene rings is 6. The zero-order chi connectivity index (χ0) is 33.8. The molecule has 6 aromatic carbocycles. The molecule has 2 heterocycles. The Morgan fingerprint density at radius 3 is 1.33 bits per heavy atom. The lowest BCUT2D eigenvalue weighted by atomic mass is 10.2. The average Bonchev–Trinajstić information content (AvgIpc) is 3.60. The third kappa shape index (κ3) is 6.71. The van der Waals surface area contributed by atoms with E-state index in [9.17, 15) is 0 Å². The minimum absolute atomic E-state index is 0.0556. The number of nitrogen functional groups attached to an aromatic ring is 1. The number of halogens is 4. The van der Waals surface area contributed by atoms with Gasteiger partial charge in [0.1, 0.15) is 5.69 Å². The van der Waals surface area contributed by atoms with E-state index >= 15 is 0 Å². The molecule has 0 radical (unpaired) electrons. The summed E-state index contributed by atoms with van der Waals surface area (Å²) in [4.78, 5) is 4.27. The number of anilines is 1. The standard InChI is InChI=1S/C19H11BrN2S.C18H13BrN2.CCl2S/c20-15-8-5-11-18(19(15)21-12-23)22-16-9-3-1-6-13(16)14-7-2-4-10-17(14)22;19-14-8-5-11-17(18(14)20)21-15-9-3-1-6-12(15)13-7-2-4-10-16(13)21;2-1(3)4/h1-11H;1-11H,20H2;. The number of rotatable bonds is 3. The molecule has 0 atom stereocenters. The quantitative estimate of drug-likeness (QED) is 0.0835. The van der Waals surface area contributed by atoms with Gasteiger partial charge in [-0.25, -0.2) is 0 Å². The summed E-state index contributed by atoms with van der Waals surface area (Å²) in [5, 5.41) is 7.42. The summed E-state index contributed by atoms with van der Waals surface area (Å²) in [5.41, 5.74) is 14.4. The predicted octanol–water partition coefficient (Wildman–Crippen LogP) is 13.2. The molecule has 0 bridgehead atoms. The third-order valence-corrected chi connectivity index (χ3v) is 9.22. The smallest absolute Gasteiger partial charge is 0.169 e. The fraction of sp³-hybridized carbons (Fsp3) is 0. The molecule has 48 heavy (non-hydrogen) atoms. The van der Waals surface area contributed by atoms with Crippen LogP contribution >= 0.6 is 79.5 Å². The number of aromatic nitrogens is 2. The van der Waals surface area contributed by atoms with Gasteiger partial charge in [0.05, 0.1) is 44.3 Å². The van der Waals surface area contributed by atoms with Gasteiger partial charge in [-0.15, -0.1) is 0 Å². The van der Waals surface area contributed by atoms with Crippen molar-refractivity contribution in [2.45, 2.75) is 0 Å². The van der Waals surface area contributed by atoms with E-state index in [2.05, 4.69) is 173 Å². The molecule has 10 heteroatoms. The van der Waals surface area contributed by atoms with Crippen LogP contribution in [0.5, 0.6) is 0 Å². The molecule has 4 nitrogen and oxygen atoms in total. The molecule has 0 unspecified atom stereocenters. The second kappa shape index (κ2) is 15.1. The van der Waals surface area contributed by atoms with Crippen molar-refractivity contribution in [2.75, 3.05) is 5.73 Å². The molecule has 0 saturated carbocycles. The van der Waals surface area contributed by atoms with E-state index in [-0.39, 0.29) is 3.78 Å². The van der Waals surface area contributed by atoms with Gasteiger partial charge >= 0.3 is 0 Å². The zero-order valence-corrected chi connectivity index (χ0v) is 31.3. The molecule has 8 rings (SSSR count). The van der Waals surface area contributed by atoms with Crippen LogP contribution in [0.1, 0.15) is 0 Å². The second-order valence-corrected chi connectivity index (χ2v) is 14.1. The number of nitrogens with two attached hydrogens (primary N) is 1. The molecule has 0 aliphatic rings. The highest BCUT2D eigenvalue weighted by Gasteiger charge is 2.16. The number of hydrogen-bond acceptors (Lipinski definition) is 4. The second-order valence-electron chi connectivity index (χ2n) is 10.4. The average molecular weight is 831 g/mol. The van der Waals surface area contributed by atoms with Crippen LogP contribution in [0.4, 0.5) is 11.4 Å². The maximum atomic E-state index is 6.29. The molecule has 2 aromatic heterocycles. The number of fused-ring (bicyclic) bond motifs is 6. The largest absolute Gasteiger partial charge is 0.396 e. The summed E-state index contributed by atoms with van der Waals surface area (Å²) in [6.07, 6.45) is 0. The number of isothiocyanates is 1. The minimum Gasteiger partial charge on any atom is -0.396 e. The van der Waals surface area contributed by atoms with E-state index in [0.29, 0.717) is 0 Å². The number of nitrogens with zero attached hydrogens (tertiary/aromatic N) is 3. The Morgan fingerprint density at radius 2 is 0.917 bits per heavy atom. The molecule has 236 valence electrons. The molecular formula is C38H24Br2Cl2N4S2. The summed E-state index contributed by atoms with van der Waals surface area (Å²) in [5.74, 6) is 0. The highest BCUT2D eigenvalue weighted by Crippen LogP contribution is 2.39. The van der Waals surface area contributed by atoms with Gasteiger partial charge in [-0.05, 0) is 92.6 Å². The van der Waals surface area contributed by atoms with E-state index in [1.807, 2.05) is 24.3 Å². The first kappa shape index (κ1) is 34.0. The first-order valence-electron chi connectivity index (χ1n) is 14.5. The minimum atomic E-state index is -0.0556. The molecular weight excluding hydrogens is 807 g/mol. The maximum Gasteiger partial charge on any atom is 0.169 e. The lowest BCUT2D eigenvalue weighted by molar-refractivity contribution is 1.17. The molecule has 0 saturated heterocycles. The molecule has 2 N–H and O–H groups in total. The monoisotopic (exact) mass is 828 g/mol. The van der Waals surface area contributed by atoms with E-state index in [1.165, 1.54) is 32.6 Å². The van der Waals surface area contributed by atoms with E-state index < -0.39 is 0 Å². The van der Waals surface area contributed by atoms with Gasteiger partial charge in [0.2, 0.25) is 0 Å². The third-order valence-electron chi connectivity index (χ3n) is 7.79. The van der Waals surface area contributed by atoms with E-state index in [0.717, 1.165) is 42.7 Å². The zero-order valence-electron chi connectivity index (χ0n) is 24.9. The lowest BCUT2D eigenvalue weighted by Crippen LogP contribution is -2.00. The van der Waals surface area contributed by atoms with Crippen molar-refractivity contribution in [1.29, 1.82) is 0 Å². The SMILES string of the molecule is Nc1c(Br)cccc1-n1c2ccccc2c2ccccc21.S=C(Cl)Cl.S=C=Nc1c(Br)cccc1-n1c2ccccc2c2ccccc21. The van der Waals surface area contributed by atoms with Crippen LogP contribution in [-0.4, -0.2) is 18.1 Å². The van der Waals surface area contributed by atoms with Crippen molar-refractivity contribution in [3.05, 3.63) is 142 Å². The van der Waals surface area contributed by atoms with Gasteiger partial charge in [0.25, 0.3) is 0 Å². The number of aliphatic imine (C=N–C) groups is 1. The van der Waals surface area contributed by atoms with Crippen molar-refractivity contribution in [3.63, 3.8) is 0 Å². The van der Waals surface area contributed by atoms with E-state index in [1.54, 1.807) is 0 Å². The Hall–Kier alpha value is -3.85. The van der Waals surface area contributed by atoms with Crippen LogP contribution < -0.4 is 5.73 Å². The van der Waals surface area contributed by atoms with Gasteiger partial charge in [-0.1, -0.05) is 120 Å². The number of hydrogen-bond donors (Lipinski definition) is 1. The summed E-state index contributed by atoms with van der Waals surface area (Å²) >= 11 is 25.5. The number of para-hydroxylation sites is 6. The molecule has 0 amide bonds.